The van der Waals surface area contributed by atoms with Crippen LogP contribution in [0, 0.1) is 0 Å². The van der Waals surface area contributed by atoms with Crippen molar-refractivity contribution in [2.45, 2.75) is 17.9 Å². The minimum atomic E-state index is -9.57. The predicted molar refractivity (Wildman–Crippen MR) is 50.4 cm³/mol. The van der Waals surface area contributed by atoms with Crippen LogP contribution in [0.15, 0.2) is 29.2 Å². The zero-order chi connectivity index (χ0) is 12.0. The van der Waals surface area contributed by atoms with Gasteiger partial charge < -0.3 is 5.73 Å². The van der Waals surface area contributed by atoms with E-state index in [0.717, 1.165) is 6.07 Å². The van der Waals surface area contributed by atoms with Gasteiger partial charge in [-0.3, -0.25) is 0 Å². The Labute approximate surface area is 83.8 Å². The van der Waals surface area contributed by atoms with Crippen LogP contribution in [0.4, 0.5) is 19.4 Å². The first-order valence-electron chi connectivity index (χ1n) is 4.00. The average molecular weight is 247 g/mol. The maximum atomic E-state index is 12.4. The van der Waals surface area contributed by atoms with Crippen molar-refractivity contribution in [1.29, 1.82) is 0 Å². The molecule has 0 aromatic heterocycles. The summed E-state index contributed by atoms with van der Waals surface area (Å²) in [5, 5.41) is 0. The van der Waals surface area contributed by atoms with E-state index in [1.54, 1.807) is 0 Å². The van der Waals surface area contributed by atoms with Crippen molar-refractivity contribution in [3.8, 4) is 0 Å². The summed E-state index contributed by atoms with van der Waals surface area (Å²) in [6.07, 6.45) is 0. The van der Waals surface area contributed by atoms with Crippen molar-refractivity contribution in [2.75, 3.05) is 0 Å². The molecule has 0 saturated heterocycles. The third kappa shape index (κ3) is 3.07. The van der Waals surface area contributed by atoms with Gasteiger partial charge in [-0.25, -0.2) is 0 Å². The van der Waals surface area contributed by atoms with Gasteiger partial charge in [0.1, 0.15) is 4.90 Å². The molecule has 0 amide bonds. The minimum absolute atomic E-state index is 0.0285. The highest BCUT2D eigenvalue weighted by molar-refractivity contribution is 8.45. The predicted octanol–water partition coefficient (Wildman–Crippen LogP) is 4.36. The highest BCUT2D eigenvalue weighted by Crippen LogP contribution is 3.02. The van der Waals surface area contributed by atoms with Crippen molar-refractivity contribution in [2.24, 2.45) is 5.73 Å². The van der Waals surface area contributed by atoms with Crippen LogP contribution < -0.4 is 5.73 Å². The molecule has 0 spiro atoms. The fraction of sp³-hybridized carbons (Fsp3) is 0.250. The van der Waals surface area contributed by atoms with Crippen molar-refractivity contribution in [3.63, 3.8) is 0 Å². The summed E-state index contributed by atoms with van der Waals surface area (Å²) in [5.41, 5.74) is 5.34. The lowest BCUT2D eigenvalue weighted by Gasteiger charge is -2.40. The third-order valence-electron chi connectivity index (χ3n) is 1.83. The number of rotatable bonds is 2. The zero-order valence-corrected chi connectivity index (χ0v) is 8.58. The van der Waals surface area contributed by atoms with Gasteiger partial charge in [-0.15, -0.1) is 0 Å². The molecule has 0 bridgehead atoms. The Bertz CT molecular complexity index is 382. The second-order valence-corrected chi connectivity index (χ2v) is 5.74. The molecule has 0 radical (unpaired) electrons. The number of halogens is 5. The molecule has 0 aliphatic heterocycles. The molecule has 0 aliphatic rings. The number of benzene rings is 1. The summed E-state index contributed by atoms with van der Waals surface area (Å²) < 4.78 is 61.8. The monoisotopic (exact) mass is 247 g/mol. The first-order chi connectivity index (χ1) is 6.40. The number of hydrogen-bond donors (Lipinski definition) is 1. The van der Waals surface area contributed by atoms with Crippen LogP contribution in [0.2, 0.25) is 0 Å². The lowest BCUT2D eigenvalue weighted by molar-refractivity contribution is 0.364. The fourth-order valence-corrected chi connectivity index (χ4v) is 1.73. The topological polar surface area (TPSA) is 26.0 Å². The zero-order valence-electron chi connectivity index (χ0n) is 7.76. The molecular weight excluding hydrogens is 237 g/mol. The molecule has 7 heteroatoms. The molecule has 1 aromatic rings. The molecule has 0 fully saturated rings. The van der Waals surface area contributed by atoms with Gasteiger partial charge in [-0.2, -0.15) is 0 Å². The second kappa shape index (κ2) is 2.65. The summed E-state index contributed by atoms with van der Waals surface area (Å²) >= 11 is 0. The Balaban J connectivity index is 3.37. The molecule has 88 valence electrons. The Morgan fingerprint density at radius 3 is 2.07 bits per heavy atom. The molecule has 0 heterocycles. The van der Waals surface area contributed by atoms with Gasteiger partial charge in [-0.1, -0.05) is 31.6 Å². The molecule has 1 atom stereocenters. The van der Waals surface area contributed by atoms with E-state index in [0.29, 0.717) is 12.1 Å². The van der Waals surface area contributed by atoms with Gasteiger partial charge in [0.2, 0.25) is 0 Å². The van der Waals surface area contributed by atoms with E-state index < -0.39 is 21.2 Å². The second-order valence-electron chi connectivity index (χ2n) is 3.33. The summed E-state index contributed by atoms with van der Waals surface area (Å²) in [7, 11) is -9.57. The molecule has 0 unspecified atom stereocenters. The highest BCUT2D eigenvalue weighted by atomic mass is 32.5. The van der Waals surface area contributed by atoms with Crippen LogP contribution in [0.25, 0.3) is 0 Å². The van der Waals surface area contributed by atoms with Gasteiger partial charge in [-0.05, 0) is 24.6 Å². The Morgan fingerprint density at radius 1 is 1.13 bits per heavy atom. The standard InChI is InChI=1S/C8H10F5NS/c1-6(14)7-3-2-4-8(5-7)15(9,10,11,12)13/h2-6H,14H2,1H3/t6-/m1/s1. The molecular formula is C8H10F5NS. The number of nitrogens with two attached hydrogens (primary N) is 1. The largest absolute Gasteiger partial charge is 0.324 e. The summed E-state index contributed by atoms with van der Waals surface area (Å²) in [6, 6.07) is 2.23. The molecule has 1 rings (SSSR count). The van der Waals surface area contributed by atoms with E-state index in [1.807, 2.05) is 0 Å². The van der Waals surface area contributed by atoms with Gasteiger partial charge in [0.25, 0.3) is 0 Å². The van der Waals surface area contributed by atoms with E-state index in [-0.39, 0.29) is 5.56 Å². The lowest BCUT2D eigenvalue weighted by atomic mass is 10.1. The first-order valence-corrected chi connectivity index (χ1v) is 5.95. The summed E-state index contributed by atoms with van der Waals surface area (Å²) in [5.74, 6) is 0. The third-order valence-corrected chi connectivity index (χ3v) is 2.97. The molecule has 1 nitrogen and oxygen atoms in total. The van der Waals surface area contributed by atoms with Crippen molar-refractivity contribution < 1.29 is 19.4 Å². The maximum absolute atomic E-state index is 12.4. The van der Waals surface area contributed by atoms with E-state index >= 15 is 0 Å². The fourth-order valence-electron chi connectivity index (χ4n) is 1.04. The van der Waals surface area contributed by atoms with Crippen LogP contribution in [0.5, 0.6) is 0 Å². The van der Waals surface area contributed by atoms with Crippen LogP contribution in [-0.4, -0.2) is 0 Å². The molecule has 0 aliphatic carbocycles. The number of hydrogen-bond acceptors (Lipinski definition) is 1. The first kappa shape index (κ1) is 12.3. The van der Waals surface area contributed by atoms with Crippen LogP contribution in [-0.2, 0) is 0 Å². The highest BCUT2D eigenvalue weighted by Gasteiger charge is 2.65. The minimum Gasteiger partial charge on any atom is -0.324 e. The Morgan fingerprint density at radius 2 is 1.67 bits per heavy atom. The van der Waals surface area contributed by atoms with Crippen LogP contribution >= 0.6 is 10.2 Å². The van der Waals surface area contributed by atoms with E-state index in [1.165, 1.54) is 13.0 Å². The molecule has 0 saturated carbocycles. The average Bonchev–Trinajstić information content (AvgIpc) is 2.00. The summed E-state index contributed by atoms with van der Waals surface area (Å²) in [6.45, 7) is 1.42. The van der Waals surface area contributed by atoms with Gasteiger partial charge >= 0.3 is 10.2 Å². The lowest BCUT2D eigenvalue weighted by Crippen LogP contribution is -2.09. The Kier molecular flexibility index (Phi) is 2.16. The van der Waals surface area contributed by atoms with E-state index in [9.17, 15) is 19.4 Å². The van der Waals surface area contributed by atoms with Crippen molar-refractivity contribution >= 4 is 10.2 Å². The van der Waals surface area contributed by atoms with Crippen LogP contribution in [0.3, 0.4) is 0 Å². The molecule has 2 N–H and O–H groups in total. The normalized spacial score (nSPS) is 19.1. The van der Waals surface area contributed by atoms with Crippen LogP contribution in [0.1, 0.15) is 18.5 Å². The quantitative estimate of drug-likeness (QED) is 0.772. The Hall–Kier alpha value is -0.820. The van der Waals surface area contributed by atoms with E-state index in [4.69, 9.17) is 5.73 Å². The molecule has 15 heavy (non-hydrogen) atoms. The summed E-state index contributed by atoms with van der Waals surface area (Å²) in [4.78, 5) is -1.90. The van der Waals surface area contributed by atoms with Gasteiger partial charge in [0, 0.05) is 6.04 Å². The SMILES string of the molecule is C[C@@H](N)c1cccc(S(F)(F)(F)(F)F)c1. The maximum Gasteiger partial charge on any atom is 0.310 e. The smallest absolute Gasteiger partial charge is 0.310 e. The molecule has 1 aromatic carbocycles. The van der Waals surface area contributed by atoms with Crippen molar-refractivity contribution in [3.05, 3.63) is 29.8 Å². The van der Waals surface area contributed by atoms with E-state index in [2.05, 4.69) is 0 Å². The van der Waals surface area contributed by atoms with Gasteiger partial charge in [0.05, 0.1) is 0 Å². The van der Waals surface area contributed by atoms with Crippen molar-refractivity contribution in [1.82, 2.24) is 0 Å². The van der Waals surface area contributed by atoms with Gasteiger partial charge in [0.15, 0.2) is 0 Å².